The highest BCUT2D eigenvalue weighted by atomic mass is 14.2. The maximum atomic E-state index is 3.33. The zero-order valence-corrected chi connectivity index (χ0v) is 20.0. The Labute approximate surface area is 191 Å². The van der Waals surface area contributed by atoms with Crippen molar-refractivity contribution in [3.8, 4) is 23.7 Å². The van der Waals surface area contributed by atoms with Crippen LogP contribution in [0, 0.1) is 29.6 Å². The van der Waals surface area contributed by atoms with E-state index in [1.807, 2.05) is 0 Å². The zero-order chi connectivity index (χ0) is 22.2. The zero-order valence-electron chi connectivity index (χ0n) is 20.0. The van der Waals surface area contributed by atoms with Gasteiger partial charge < -0.3 is 0 Å². The van der Waals surface area contributed by atoms with Gasteiger partial charge >= 0.3 is 0 Å². The minimum Gasteiger partial charge on any atom is -0.0979 e. The monoisotopic (exact) mass is 412 g/mol. The molecule has 0 radical (unpaired) electrons. The lowest BCUT2D eigenvalue weighted by molar-refractivity contribution is 0.426. The fourth-order valence-electron chi connectivity index (χ4n) is 3.90. The van der Waals surface area contributed by atoms with Crippen LogP contribution in [0.1, 0.15) is 101 Å². The Morgan fingerprint density at radius 3 is 1.90 bits per heavy atom. The maximum Gasteiger partial charge on any atom is 0.0247 e. The van der Waals surface area contributed by atoms with Crippen LogP contribution in [0.5, 0.6) is 0 Å². The second-order valence-corrected chi connectivity index (χ2v) is 8.61. The molecule has 0 aromatic heterocycles. The molecular weight excluding hydrogens is 372 g/mol. The summed E-state index contributed by atoms with van der Waals surface area (Å²) >= 11 is 0. The molecule has 0 saturated heterocycles. The predicted molar refractivity (Wildman–Crippen MR) is 136 cm³/mol. The van der Waals surface area contributed by atoms with Gasteiger partial charge in [0.05, 0.1) is 0 Å². The molecule has 0 spiro atoms. The molecule has 0 bridgehead atoms. The topological polar surface area (TPSA) is 0 Å². The van der Waals surface area contributed by atoms with Crippen molar-refractivity contribution < 1.29 is 0 Å². The molecule has 0 amide bonds. The van der Waals surface area contributed by atoms with Gasteiger partial charge in [-0.25, -0.2) is 0 Å². The fourth-order valence-corrected chi connectivity index (χ4v) is 3.90. The second kappa shape index (κ2) is 15.4. The van der Waals surface area contributed by atoms with Gasteiger partial charge in [0.2, 0.25) is 0 Å². The summed E-state index contributed by atoms with van der Waals surface area (Å²) in [5.41, 5.74) is 5.18. The van der Waals surface area contributed by atoms with Crippen LogP contribution in [0.15, 0.2) is 48.5 Å². The van der Waals surface area contributed by atoms with Crippen LogP contribution < -0.4 is 0 Å². The second-order valence-electron chi connectivity index (χ2n) is 8.61. The van der Waals surface area contributed by atoms with Crippen LogP contribution in [0.4, 0.5) is 0 Å². The SMILES string of the molecule is CCCC#Cc1cccc(CCC(CCCCC)Cc2cccc(C#CCCC)c2)c1. The summed E-state index contributed by atoms with van der Waals surface area (Å²) in [5.74, 6) is 13.9. The van der Waals surface area contributed by atoms with E-state index in [-0.39, 0.29) is 0 Å². The fraction of sp³-hybridized carbons (Fsp3) is 0.484. The Morgan fingerprint density at radius 1 is 0.677 bits per heavy atom. The molecule has 0 N–H and O–H groups in total. The molecule has 2 aromatic rings. The number of hydrogen-bond donors (Lipinski definition) is 0. The lowest BCUT2D eigenvalue weighted by atomic mass is 9.88. The van der Waals surface area contributed by atoms with Crippen LogP contribution in [0.2, 0.25) is 0 Å². The largest absolute Gasteiger partial charge is 0.0979 e. The Hall–Kier alpha value is -2.44. The van der Waals surface area contributed by atoms with E-state index in [0.29, 0.717) is 0 Å². The summed E-state index contributed by atoms with van der Waals surface area (Å²) in [6, 6.07) is 17.7. The van der Waals surface area contributed by atoms with Gasteiger partial charge in [0.15, 0.2) is 0 Å². The highest BCUT2D eigenvalue weighted by Gasteiger charge is 2.11. The standard InChI is InChI=1S/C31H40/c1-4-7-10-15-27-18-13-20-30(24-27)23-22-29(17-12-9-6-3)26-31-21-14-19-28(25-31)16-11-8-5-2/h13-14,18-21,24-25,29H,4-9,12,17,22-23,26H2,1-3H3. The molecule has 0 aliphatic carbocycles. The van der Waals surface area contributed by atoms with E-state index in [9.17, 15) is 0 Å². The van der Waals surface area contributed by atoms with Crippen molar-refractivity contribution in [2.24, 2.45) is 5.92 Å². The van der Waals surface area contributed by atoms with Crippen molar-refractivity contribution in [2.45, 2.75) is 91.4 Å². The third-order valence-electron chi connectivity index (χ3n) is 5.65. The van der Waals surface area contributed by atoms with Crippen molar-refractivity contribution in [1.29, 1.82) is 0 Å². The summed E-state index contributed by atoms with van der Waals surface area (Å²) < 4.78 is 0. The van der Waals surface area contributed by atoms with Crippen LogP contribution in [-0.2, 0) is 12.8 Å². The first-order valence-electron chi connectivity index (χ1n) is 12.4. The molecule has 1 atom stereocenters. The minimum atomic E-state index is 0.722. The van der Waals surface area contributed by atoms with Crippen LogP contribution >= 0.6 is 0 Å². The first-order valence-corrected chi connectivity index (χ1v) is 12.4. The van der Waals surface area contributed by atoms with Crippen molar-refractivity contribution in [2.75, 3.05) is 0 Å². The molecular formula is C31H40. The molecule has 0 heteroatoms. The number of benzene rings is 2. The lowest BCUT2D eigenvalue weighted by Gasteiger charge is -2.17. The van der Waals surface area contributed by atoms with Gasteiger partial charge in [0.25, 0.3) is 0 Å². The van der Waals surface area contributed by atoms with E-state index in [4.69, 9.17) is 0 Å². The summed E-state index contributed by atoms with van der Waals surface area (Å²) in [4.78, 5) is 0. The summed E-state index contributed by atoms with van der Waals surface area (Å²) in [6.07, 6.45) is 13.0. The number of hydrogen-bond acceptors (Lipinski definition) is 0. The Kier molecular flexibility index (Phi) is 12.3. The molecule has 1 unspecified atom stereocenters. The van der Waals surface area contributed by atoms with Gasteiger partial charge in [-0.1, -0.05) is 94.4 Å². The first-order chi connectivity index (χ1) is 15.2. The van der Waals surface area contributed by atoms with Crippen molar-refractivity contribution >= 4 is 0 Å². The molecule has 0 saturated carbocycles. The van der Waals surface area contributed by atoms with E-state index in [1.54, 1.807) is 0 Å². The van der Waals surface area contributed by atoms with Crippen LogP contribution in [0.25, 0.3) is 0 Å². The maximum absolute atomic E-state index is 3.33. The average Bonchev–Trinajstić information content (AvgIpc) is 2.78. The summed E-state index contributed by atoms with van der Waals surface area (Å²) in [5, 5.41) is 0. The molecule has 2 aromatic carbocycles. The Morgan fingerprint density at radius 2 is 1.29 bits per heavy atom. The van der Waals surface area contributed by atoms with E-state index in [0.717, 1.165) is 55.6 Å². The normalized spacial score (nSPS) is 11.2. The van der Waals surface area contributed by atoms with Crippen molar-refractivity contribution in [3.63, 3.8) is 0 Å². The minimum absolute atomic E-state index is 0.722. The molecule has 0 heterocycles. The summed E-state index contributed by atoms with van der Waals surface area (Å²) in [6.45, 7) is 6.65. The highest BCUT2D eigenvalue weighted by Crippen LogP contribution is 2.22. The third-order valence-corrected chi connectivity index (χ3v) is 5.65. The van der Waals surface area contributed by atoms with E-state index in [2.05, 4.69) is 93.0 Å². The molecule has 0 aliphatic heterocycles. The van der Waals surface area contributed by atoms with E-state index >= 15 is 0 Å². The van der Waals surface area contributed by atoms with Crippen molar-refractivity contribution in [3.05, 3.63) is 70.8 Å². The van der Waals surface area contributed by atoms with Crippen LogP contribution in [-0.4, -0.2) is 0 Å². The molecule has 0 nitrogen and oxygen atoms in total. The number of unbranched alkanes of at least 4 members (excludes halogenated alkanes) is 4. The predicted octanol–water partition coefficient (Wildman–Crippen LogP) is 8.36. The van der Waals surface area contributed by atoms with Gasteiger partial charge in [-0.15, -0.1) is 0 Å². The molecule has 164 valence electrons. The van der Waals surface area contributed by atoms with Gasteiger partial charge in [-0.2, -0.15) is 0 Å². The smallest absolute Gasteiger partial charge is 0.0247 e. The molecule has 0 aliphatic rings. The van der Waals surface area contributed by atoms with Crippen LogP contribution in [0.3, 0.4) is 0 Å². The average molecular weight is 413 g/mol. The van der Waals surface area contributed by atoms with E-state index in [1.165, 1.54) is 43.2 Å². The Bertz CT molecular complexity index is 881. The van der Waals surface area contributed by atoms with E-state index < -0.39 is 0 Å². The lowest BCUT2D eigenvalue weighted by Crippen LogP contribution is -2.07. The van der Waals surface area contributed by atoms with Gasteiger partial charge in [-0.3, -0.25) is 0 Å². The third kappa shape index (κ3) is 10.4. The van der Waals surface area contributed by atoms with Gasteiger partial charge in [0, 0.05) is 24.0 Å². The number of aryl methyl sites for hydroxylation is 1. The first kappa shape index (κ1) is 24.8. The Balaban J connectivity index is 2.03. The van der Waals surface area contributed by atoms with Gasteiger partial charge in [0.1, 0.15) is 0 Å². The molecule has 0 fully saturated rings. The molecule has 2 rings (SSSR count). The van der Waals surface area contributed by atoms with Gasteiger partial charge in [-0.05, 0) is 73.4 Å². The summed E-state index contributed by atoms with van der Waals surface area (Å²) in [7, 11) is 0. The highest BCUT2D eigenvalue weighted by molar-refractivity contribution is 5.38. The number of rotatable bonds is 11. The van der Waals surface area contributed by atoms with Crippen molar-refractivity contribution in [1.82, 2.24) is 0 Å². The molecule has 31 heavy (non-hydrogen) atoms. The quantitative estimate of drug-likeness (QED) is 0.257.